The van der Waals surface area contributed by atoms with Gasteiger partial charge in [-0.25, -0.2) is 12.2 Å². The van der Waals surface area contributed by atoms with E-state index in [1.165, 1.54) is 11.1 Å². The molecule has 1 aliphatic rings. The zero-order valence-corrected chi connectivity index (χ0v) is 15.0. The van der Waals surface area contributed by atoms with Crippen molar-refractivity contribution < 1.29 is 33.9 Å². The van der Waals surface area contributed by atoms with Gasteiger partial charge < -0.3 is 0 Å². The van der Waals surface area contributed by atoms with Crippen molar-refractivity contribution >= 4 is 19.5 Å². The van der Waals surface area contributed by atoms with Crippen LogP contribution in [0.5, 0.6) is 0 Å². The summed E-state index contributed by atoms with van der Waals surface area (Å²) in [7, 11) is 0. The molecule has 0 amide bonds. The third-order valence-electron chi connectivity index (χ3n) is 1.80. The molecular weight excluding hydrogens is 448 g/mol. The molecule has 21 heavy (non-hydrogen) atoms. The zero-order chi connectivity index (χ0) is 15.9. The molecule has 121 valence electrons. The fourth-order valence-electron chi connectivity index (χ4n) is 0.977. The van der Waals surface area contributed by atoms with Gasteiger partial charge in [-0.3, -0.25) is 6.08 Å². The number of allylic oxidation sites excluding steroid dienone is 4. The molecule has 0 bridgehead atoms. The van der Waals surface area contributed by atoms with E-state index in [0.717, 1.165) is 6.42 Å². The van der Waals surface area contributed by atoms with Crippen LogP contribution in [0.25, 0.3) is 0 Å². The Labute approximate surface area is 133 Å². The van der Waals surface area contributed by atoms with Gasteiger partial charge in [0.2, 0.25) is 0 Å². The molecule has 2 rings (SSSR count). The van der Waals surface area contributed by atoms with Crippen molar-refractivity contribution in [3.63, 3.8) is 0 Å². The molecule has 0 atom stereocenters. The second-order valence-corrected chi connectivity index (χ2v) is 9.59. The van der Waals surface area contributed by atoms with E-state index in [0.29, 0.717) is 0 Å². The number of benzene rings is 1. The van der Waals surface area contributed by atoms with E-state index in [2.05, 4.69) is 50.3 Å². The van der Waals surface area contributed by atoms with Crippen molar-refractivity contribution in [2.24, 2.45) is 0 Å². The Balaban J connectivity index is 0. The standard InChI is InChI=1S/C8H10.C5H5.6FH.Fe.Sb/c1-7-3-5-8(2)6-4-7;1-2-4-5-3-1;;;;;;;;/h3-6H,1-2H3;1-3H,4H2;6*1H;;/q;-1;;;;;;;+3;+5/p-6. The maximum absolute atomic E-state index is 11.2. The van der Waals surface area contributed by atoms with Crippen LogP contribution in [0.4, 0.5) is 16.9 Å². The second kappa shape index (κ2) is 7.75. The summed E-state index contributed by atoms with van der Waals surface area (Å²) < 4.78 is 59.6. The molecule has 0 nitrogen and oxygen atoms in total. The molecule has 0 N–H and O–H groups in total. The number of rotatable bonds is 0. The quantitative estimate of drug-likeness (QED) is 0.262. The first kappa shape index (κ1) is 22.9. The minimum Gasteiger partial charge on any atom is 3.00 e. The van der Waals surface area contributed by atoms with Crippen LogP contribution in [0.1, 0.15) is 17.5 Å². The molecule has 1 radical (unpaired) electrons. The second-order valence-electron chi connectivity index (χ2n) is 4.12. The van der Waals surface area contributed by atoms with E-state index in [1.807, 2.05) is 12.2 Å². The topological polar surface area (TPSA) is 0 Å². The Bertz CT molecular complexity index is 430. The van der Waals surface area contributed by atoms with Gasteiger partial charge in [0.05, 0.1) is 0 Å². The molecular formula is C13H15F6FeSb+. The van der Waals surface area contributed by atoms with Gasteiger partial charge in [0.15, 0.2) is 0 Å². The molecule has 0 aliphatic heterocycles. The average molecular weight is 463 g/mol. The summed E-state index contributed by atoms with van der Waals surface area (Å²) >= 11 is -11.2. The predicted octanol–water partition coefficient (Wildman–Crippen LogP) is 5.75. The Morgan fingerprint density at radius 2 is 1.19 bits per heavy atom. The van der Waals surface area contributed by atoms with Crippen molar-refractivity contribution in [1.29, 1.82) is 0 Å². The monoisotopic (exact) mass is 462 g/mol. The summed E-state index contributed by atoms with van der Waals surface area (Å²) in [6.07, 6.45) is 10.0. The molecule has 0 heterocycles. The molecule has 0 saturated carbocycles. The number of hydrogen-bond donors (Lipinski definition) is 0. The molecule has 1 aromatic carbocycles. The average Bonchev–Trinajstić information content (AvgIpc) is 2.76. The summed E-state index contributed by atoms with van der Waals surface area (Å²) in [6, 6.07) is 8.48. The number of aryl methyl sites for hydroxylation is 2. The van der Waals surface area contributed by atoms with Crippen molar-refractivity contribution in [3.8, 4) is 0 Å². The summed E-state index contributed by atoms with van der Waals surface area (Å²) in [6.45, 7) is 4.19. The van der Waals surface area contributed by atoms with Gasteiger partial charge in [-0.1, -0.05) is 35.4 Å². The molecule has 0 fully saturated rings. The SMILES string of the molecule is Cc1ccc(C)cc1.[C-]1=CC=CC1.[F][Sb-]([F])([F])([F])([F])[F].[Fe+3]. The van der Waals surface area contributed by atoms with E-state index in [9.17, 15) is 16.9 Å². The molecule has 0 spiro atoms. The first-order chi connectivity index (χ1) is 8.74. The minimum atomic E-state index is -11.2. The van der Waals surface area contributed by atoms with Gasteiger partial charge in [0.1, 0.15) is 0 Å². The van der Waals surface area contributed by atoms with E-state index >= 15 is 0 Å². The summed E-state index contributed by atoms with van der Waals surface area (Å²) in [5.74, 6) is 0. The van der Waals surface area contributed by atoms with E-state index in [-0.39, 0.29) is 17.1 Å². The fourth-order valence-corrected chi connectivity index (χ4v) is 0.977. The largest absolute Gasteiger partial charge is 3.00 e. The van der Waals surface area contributed by atoms with Crippen LogP contribution in [-0.4, -0.2) is 19.5 Å². The minimum absolute atomic E-state index is 0. The van der Waals surface area contributed by atoms with Gasteiger partial charge in [0.25, 0.3) is 0 Å². The zero-order valence-electron chi connectivity index (χ0n) is 11.3. The molecule has 1 aliphatic carbocycles. The summed E-state index contributed by atoms with van der Waals surface area (Å²) in [5.41, 5.74) is 2.66. The van der Waals surface area contributed by atoms with E-state index in [4.69, 9.17) is 0 Å². The smallest absolute Gasteiger partial charge is 3.00 e. The Morgan fingerprint density at radius 1 is 0.857 bits per heavy atom. The van der Waals surface area contributed by atoms with E-state index < -0.39 is 19.5 Å². The van der Waals surface area contributed by atoms with Crippen LogP contribution < -0.4 is 0 Å². The first-order valence-electron chi connectivity index (χ1n) is 5.55. The van der Waals surface area contributed by atoms with Crippen molar-refractivity contribution in [3.05, 3.63) is 59.7 Å². The normalized spacial score (nSPS) is 15.4. The van der Waals surface area contributed by atoms with Gasteiger partial charge in [-0.2, -0.15) is 6.08 Å². The third kappa shape index (κ3) is 28.5. The maximum atomic E-state index is 9.93. The molecule has 0 aromatic heterocycles. The van der Waals surface area contributed by atoms with Crippen molar-refractivity contribution in [2.45, 2.75) is 20.3 Å². The Morgan fingerprint density at radius 3 is 1.33 bits per heavy atom. The Hall–Kier alpha value is -0.382. The molecule has 0 saturated heterocycles. The number of halogens is 6. The first-order valence-corrected chi connectivity index (χ1v) is 11.3. The van der Waals surface area contributed by atoms with Crippen LogP contribution in [-0.2, 0) is 17.1 Å². The van der Waals surface area contributed by atoms with Crippen molar-refractivity contribution in [1.82, 2.24) is 0 Å². The van der Waals surface area contributed by atoms with Gasteiger partial charge >= 0.3 is 53.4 Å². The van der Waals surface area contributed by atoms with Crippen LogP contribution in [0.3, 0.4) is 0 Å². The fraction of sp³-hybridized carbons (Fsp3) is 0.231. The van der Waals surface area contributed by atoms with Crippen LogP contribution in [0, 0.1) is 19.9 Å². The van der Waals surface area contributed by atoms with Crippen molar-refractivity contribution in [2.75, 3.05) is 0 Å². The Kier molecular flexibility index (Phi) is 8.45. The predicted molar refractivity (Wildman–Crippen MR) is 69.9 cm³/mol. The maximum Gasteiger partial charge on any atom is 3.00 e. The van der Waals surface area contributed by atoms with Gasteiger partial charge in [0, 0.05) is 0 Å². The van der Waals surface area contributed by atoms with Gasteiger partial charge in [-0.05, 0) is 13.8 Å². The van der Waals surface area contributed by atoms with Crippen LogP contribution in [0.2, 0.25) is 0 Å². The molecule has 0 unspecified atom stereocenters. The summed E-state index contributed by atoms with van der Waals surface area (Å²) in [4.78, 5) is 0. The van der Waals surface area contributed by atoms with Crippen LogP contribution in [0.15, 0.2) is 42.5 Å². The summed E-state index contributed by atoms with van der Waals surface area (Å²) in [5, 5.41) is 0. The van der Waals surface area contributed by atoms with Crippen LogP contribution >= 0.6 is 0 Å². The third-order valence-corrected chi connectivity index (χ3v) is 1.80. The van der Waals surface area contributed by atoms with E-state index in [1.54, 1.807) is 0 Å². The number of hydrogen-bond acceptors (Lipinski definition) is 0. The molecule has 1 aromatic rings. The molecule has 8 heteroatoms. The van der Waals surface area contributed by atoms with Gasteiger partial charge in [-0.15, -0.1) is 6.42 Å².